The predicted octanol–water partition coefficient (Wildman–Crippen LogP) is -0.335. The van der Waals surface area contributed by atoms with Gasteiger partial charge in [-0.05, 0) is 0 Å². The fourth-order valence-electron chi connectivity index (χ4n) is 0.713. The highest BCUT2D eigenvalue weighted by Gasteiger charge is 1.94. The van der Waals surface area contributed by atoms with Crippen LogP contribution in [-0.4, -0.2) is 21.3 Å². The third-order valence-electron chi connectivity index (χ3n) is 1.23. The van der Waals surface area contributed by atoms with Crippen molar-refractivity contribution in [1.29, 1.82) is 5.26 Å². The summed E-state index contributed by atoms with van der Waals surface area (Å²) < 4.78 is 1.57. The van der Waals surface area contributed by atoms with Crippen LogP contribution in [0.1, 0.15) is 5.82 Å². The fraction of sp³-hybridized carbons (Fsp3) is 0.286. The Hall–Kier alpha value is -1.67. The number of nitrogens with two attached hydrogens (primary N) is 1. The zero-order valence-electron chi connectivity index (χ0n) is 6.51. The summed E-state index contributed by atoms with van der Waals surface area (Å²) in [6.45, 7) is 1.12. The first-order chi connectivity index (χ1) is 5.86. The summed E-state index contributed by atoms with van der Waals surface area (Å²) in [5, 5.41) is 12.2. The number of hydrogen-bond donors (Lipinski definition) is 1. The van der Waals surface area contributed by atoms with Gasteiger partial charge >= 0.3 is 0 Å². The number of rotatable bonds is 3. The molecule has 5 nitrogen and oxygen atoms in total. The van der Waals surface area contributed by atoms with Crippen LogP contribution in [0.4, 0.5) is 0 Å². The van der Waals surface area contributed by atoms with E-state index in [9.17, 15) is 0 Å². The Labute approximate surface area is 70.1 Å². The van der Waals surface area contributed by atoms with Crippen molar-refractivity contribution < 1.29 is 0 Å². The van der Waals surface area contributed by atoms with E-state index >= 15 is 0 Å². The molecule has 0 spiro atoms. The minimum Gasteiger partial charge on any atom is -0.327 e. The third kappa shape index (κ3) is 2.18. The Balaban J connectivity index is 2.54. The minimum atomic E-state index is 0.191. The number of aromatic nitrogens is 3. The lowest BCUT2D eigenvalue weighted by molar-refractivity contribution is 0.696. The van der Waals surface area contributed by atoms with Crippen molar-refractivity contribution in [3.63, 3.8) is 0 Å². The van der Waals surface area contributed by atoms with E-state index in [2.05, 4.69) is 10.1 Å². The maximum atomic E-state index is 8.40. The molecule has 0 unspecified atom stereocenters. The lowest BCUT2D eigenvalue weighted by Gasteiger charge is -1.90. The standard InChI is InChI=1S/C7H9N5/c8-3-1-2-4-12-6-10-7(5-9)11-12/h1-2,6H,3-4,8H2. The molecule has 5 heteroatoms. The summed E-state index contributed by atoms with van der Waals surface area (Å²) in [4.78, 5) is 3.74. The largest absolute Gasteiger partial charge is 0.327 e. The first kappa shape index (κ1) is 8.43. The molecule has 0 fully saturated rings. The quantitative estimate of drug-likeness (QED) is 0.618. The van der Waals surface area contributed by atoms with Crippen LogP contribution in [0.2, 0.25) is 0 Å². The highest BCUT2D eigenvalue weighted by atomic mass is 15.3. The number of hydrogen-bond acceptors (Lipinski definition) is 4. The van der Waals surface area contributed by atoms with Crippen molar-refractivity contribution in [3.05, 3.63) is 24.3 Å². The molecule has 1 aromatic rings. The van der Waals surface area contributed by atoms with Crippen LogP contribution in [0.25, 0.3) is 0 Å². The zero-order chi connectivity index (χ0) is 8.81. The first-order valence-corrected chi connectivity index (χ1v) is 3.51. The van der Waals surface area contributed by atoms with Crippen molar-refractivity contribution in [2.24, 2.45) is 5.73 Å². The molecular weight excluding hydrogens is 154 g/mol. The zero-order valence-corrected chi connectivity index (χ0v) is 6.51. The molecular formula is C7H9N5. The SMILES string of the molecule is N#Cc1ncn(CC=CCN)n1. The van der Waals surface area contributed by atoms with Crippen LogP contribution in [0, 0.1) is 11.3 Å². The second kappa shape index (κ2) is 4.26. The molecule has 1 heterocycles. The van der Waals surface area contributed by atoms with Gasteiger partial charge < -0.3 is 5.73 Å². The van der Waals surface area contributed by atoms with Crippen molar-refractivity contribution in [2.75, 3.05) is 6.54 Å². The summed E-state index contributed by atoms with van der Waals surface area (Å²) in [5.41, 5.74) is 5.24. The van der Waals surface area contributed by atoms with Gasteiger partial charge in [0.1, 0.15) is 12.4 Å². The van der Waals surface area contributed by atoms with Crippen LogP contribution >= 0.6 is 0 Å². The Morgan fingerprint density at radius 2 is 2.50 bits per heavy atom. The monoisotopic (exact) mass is 163 g/mol. The average molecular weight is 163 g/mol. The number of allylic oxidation sites excluding steroid dienone is 1. The van der Waals surface area contributed by atoms with Gasteiger partial charge in [0, 0.05) is 6.54 Å². The van der Waals surface area contributed by atoms with Crippen LogP contribution in [0.5, 0.6) is 0 Å². The van der Waals surface area contributed by atoms with E-state index in [4.69, 9.17) is 11.0 Å². The molecule has 0 saturated heterocycles. The van der Waals surface area contributed by atoms with Gasteiger partial charge in [-0.3, -0.25) is 0 Å². The van der Waals surface area contributed by atoms with E-state index in [1.807, 2.05) is 18.2 Å². The second-order valence-electron chi connectivity index (χ2n) is 2.11. The van der Waals surface area contributed by atoms with Crippen LogP contribution < -0.4 is 5.73 Å². The van der Waals surface area contributed by atoms with Crippen LogP contribution in [0.15, 0.2) is 18.5 Å². The predicted molar refractivity (Wildman–Crippen MR) is 42.9 cm³/mol. The van der Waals surface area contributed by atoms with E-state index < -0.39 is 0 Å². The van der Waals surface area contributed by atoms with E-state index in [0.717, 1.165) is 0 Å². The molecule has 0 atom stereocenters. The molecule has 0 aliphatic heterocycles. The molecule has 0 amide bonds. The highest BCUT2D eigenvalue weighted by Crippen LogP contribution is 1.87. The first-order valence-electron chi connectivity index (χ1n) is 3.51. The van der Waals surface area contributed by atoms with Gasteiger partial charge in [0.2, 0.25) is 0 Å². The molecule has 1 rings (SSSR count). The third-order valence-corrected chi connectivity index (χ3v) is 1.23. The molecule has 1 aromatic heterocycles. The van der Waals surface area contributed by atoms with Gasteiger partial charge in [-0.1, -0.05) is 12.2 Å². The topological polar surface area (TPSA) is 80.5 Å². The molecule has 2 N–H and O–H groups in total. The number of nitriles is 1. The molecule has 12 heavy (non-hydrogen) atoms. The van der Waals surface area contributed by atoms with Gasteiger partial charge in [-0.25, -0.2) is 9.67 Å². The summed E-state index contributed by atoms with van der Waals surface area (Å²) in [7, 11) is 0. The molecule has 0 saturated carbocycles. The van der Waals surface area contributed by atoms with Gasteiger partial charge in [0.15, 0.2) is 0 Å². The molecule has 0 bridgehead atoms. The molecule has 62 valence electrons. The van der Waals surface area contributed by atoms with Gasteiger partial charge in [0.25, 0.3) is 5.82 Å². The summed E-state index contributed by atoms with van der Waals surface area (Å²) in [5.74, 6) is 0.191. The summed E-state index contributed by atoms with van der Waals surface area (Å²) >= 11 is 0. The molecule has 0 aliphatic rings. The maximum absolute atomic E-state index is 8.40. The minimum absolute atomic E-state index is 0.191. The van der Waals surface area contributed by atoms with E-state index in [1.165, 1.54) is 6.33 Å². The summed E-state index contributed by atoms with van der Waals surface area (Å²) in [6.07, 6.45) is 5.21. The van der Waals surface area contributed by atoms with Gasteiger partial charge in [-0.2, -0.15) is 5.26 Å². The second-order valence-corrected chi connectivity index (χ2v) is 2.11. The smallest absolute Gasteiger partial charge is 0.252 e. The maximum Gasteiger partial charge on any atom is 0.252 e. The Morgan fingerprint density at radius 1 is 1.67 bits per heavy atom. The Bertz CT molecular complexity index is 306. The number of nitrogens with zero attached hydrogens (tertiary/aromatic N) is 4. The van der Waals surface area contributed by atoms with Gasteiger partial charge in [-0.15, -0.1) is 5.10 Å². The van der Waals surface area contributed by atoms with Crippen molar-refractivity contribution in [1.82, 2.24) is 14.8 Å². The van der Waals surface area contributed by atoms with E-state index in [-0.39, 0.29) is 5.82 Å². The van der Waals surface area contributed by atoms with Gasteiger partial charge in [0.05, 0.1) is 6.54 Å². The van der Waals surface area contributed by atoms with E-state index in [0.29, 0.717) is 13.1 Å². The Morgan fingerprint density at radius 3 is 3.08 bits per heavy atom. The highest BCUT2D eigenvalue weighted by molar-refractivity contribution is 5.05. The van der Waals surface area contributed by atoms with Crippen LogP contribution in [0.3, 0.4) is 0 Å². The lowest BCUT2D eigenvalue weighted by atomic mass is 10.5. The van der Waals surface area contributed by atoms with E-state index in [1.54, 1.807) is 4.68 Å². The fourth-order valence-corrected chi connectivity index (χ4v) is 0.713. The Kier molecular flexibility index (Phi) is 2.99. The van der Waals surface area contributed by atoms with Crippen LogP contribution in [-0.2, 0) is 6.54 Å². The lowest BCUT2D eigenvalue weighted by Crippen LogP contribution is -1.98. The van der Waals surface area contributed by atoms with Crippen molar-refractivity contribution in [3.8, 4) is 6.07 Å². The molecule has 0 aliphatic carbocycles. The normalized spacial score (nSPS) is 10.3. The van der Waals surface area contributed by atoms with Crippen molar-refractivity contribution >= 4 is 0 Å². The molecule has 0 aromatic carbocycles. The van der Waals surface area contributed by atoms with Crippen molar-refractivity contribution in [2.45, 2.75) is 6.54 Å². The summed E-state index contributed by atoms with van der Waals surface area (Å²) in [6, 6.07) is 1.85. The average Bonchev–Trinajstić information content (AvgIpc) is 2.53. The molecule has 0 radical (unpaired) electrons.